The van der Waals surface area contributed by atoms with E-state index in [0.717, 1.165) is 24.5 Å². The summed E-state index contributed by atoms with van der Waals surface area (Å²) >= 11 is 0. The molecule has 8 heteroatoms. The van der Waals surface area contributed by atoms with Gasteiger partial charge in [-0.2, -0.15) is 0 Å². The highest BCUT2D eigenvalue weighted by Crippen LogP contribution is 2.26. The molecule has 1 aliphatic rings. The first-order valence-electron chi connectivity index (χ1n) is 8.22. The van der Waals surface area contributed by atoms with Gasteiger partial charge in [0.05, 0.1) is 12.1 Å². The molecule has 0 spiro atoms. The van der Waals surface area contributed by atoms with Gasteiger partial charge in [-0.15, -0.1) is 5.10 Å². The Balaban J connectivity index is 1.69. The second kappa shape index (κ2) is 7.12. The average molecular weight is 332 g/mol. The minimum absolute atomic E-state index is 0.181. The fraction of sp³-hybridized carbons (Fsp3) is 0.625. The molecular formula is C16H24N6O2. The van der Waals surface area contributed by atoms with Crippen LogP contribution in [-0.2, 0) is 4.74 Å². The highest BCUT2D eigenvalue weighted by molar-refractivity contribution is 5.43. The topological polar surface area (TPSA) is 89.2 Å². The minimum atomic E-state index is 0.181. The molecule has 2 atom stereocenters. The molecule has 3 heterocycles. The molecule has 2 aromatic rings. The first-order valence-corrected chi connectivity index (χ1v) is 8.22. The van der Waals surface area contributed by atoms with Crippen LogP contribution in [0, 0.1) is 6.92 Å². The standard InChI is InChI=1S/C16H24N6O2/c1-10(2)15-20-21-16(24-15)17-7-12-6-13(23-4)8-22(12)14-5-11(3)18-9-19-14/h5,9-10,12-13H,6-8H2,1-4H3,(H,17,21)/t12-,13-/m0/s1. The molecule has 1 fully saturated rings. The van der Waals surface area contributed by atoms with Crippen LogP contribution >= 0.6 is 0 Å². The molecule has 8 nitrogen and oxygen atoms in total. The zero-order chi connectivity index (χ0) is 17.1. The second-order valence-electron chi connectivity index (χ2n) is 6.40. The predicted octanol–water partition coefficient (Wildman–Crippen LogP) is 2.00. The van der Waals surface area contributed by atoms with Crippen LogP contribution in [0.1, 0.15) is 37.8 Å². The summed E-state index contributed by atoms with van der Waals surface area (Å²) in [6.45, 7) is 7.50. The lowest BCUT2D eigenvalue weighted by Gasteiger charge is -2.25. The van der Waals surface area contributed by atoms with E-state index in [4.69, 9.17) is 9.15 Å². The van der Waals surface area contributed by atoms with Gasteiger partial charge in [-0.1, -0.05) is 18.9 Å². The van der Waals surface area contributed by atoms with Crippen LogP contribution in [0.5, 0.6) is 0 Å². The van der Waals surface area contributed by atoms with Crippen molar-refractivity contribution < 1.29 is 9.15 Å². The van der Waals surface area contributed by atoms with Gasteiger partial charge in [0.25, 0.3) is 0 Å². The van der Waals surface area contributed by atoms with Crippen molar-refractivity contribution >= 4 is 11.8 Å². The van der Waals surface area contributed by atoms with E-state index in [2.05, 4.69) is 30.4 Å². The van der Waals surface area contributed by atoms with E-state index < -0.39 is 0 Å². The van der Waals surface area contributed by atoms with Crippen LogP contribution in [0.15, 0.2) is 16.8 Å². The summed E-state index contributed by atoms with van der Waals surface area (Å²) < 4.78 is 11.2. The van der Waals surface area contributed by atoms with Gasteiger partial charge < -0.3 is 19.4 Å². The third-order valence-corrected chi connectivity index (χ3v) is 4.22. The molecule has 0 radical (unpaired) electrons. The smallest absolute Gasteiger partial charge is 0.315 e. The molecule has 0 aliphatic carbocycles. The quantitative estimate of drug-likeness (QED) is 0.859. The van der Waals surface area contributed by atoms with Gasteiger partial charge in [-0.25, -0.2) is 9.97 Å². The molecule has 1 aliphatic heterocycles. The Hall–Kier alpha value is -2.22. The third-order valence-electron chi connectivity index (χ3n) is 4.22. The number of anilines is 2. The van der Waals surface area contributed by atoms with E-state index >= 15 is 0 Å². The Labute approximate surface area is 141 Å². The van der Waals surface area contributed by atoms with Gasteiger partial charge in [0.2, 0.25) is 5.89 Å². The Bertz CT molecular complexity index is 674. The SMILES string of the molecule is CO[C@H]1C[C@@H](CNc2nnc(C(C)C)o2)N(c2cc(C)ncn2)C1. The number of ether oxygens (including phenoxy) is 1. The molecular weight excluding hydrogens is 308 g/mol. The number of nitrogens with zero attached hydrogens (tertiary/aromatic N) is 5. The number of hydrogen-bond acceptors (Lipinski definition) is 8. The lowest BCUT2D eigenvalue weighted by atomic mass is 10.2. The van der Waals surface area contributed by atoms with Crippen molar-refractivity contribution in [3.63, 3.8) is 0 Å². The molecule has 0 unspecified atom stereocenters. The maximum atomic E-state index is 5.61. The van der Waals surface area contributed by atoms with E-state index in [1.54, 1.807) is 13.4 Å². The summed E-state index contributed by atoms with van der Waals surface area (Å²) in [6, 6.07) is 2.69. The Morgan fingerprint density at radius 2 is 2.21 bits per heavy atom. The third kappa shape index (κ3) is 3.64. The van der Waals surface area contributed by atoms with Crippen LogP contribution < -0.4 is 10.2 Å². The zero-order valence-electron chi connectivity index (χ0n) is 14.6. The molecule has 0 bridgehead atoms. The maximum Gasteiger partial charge on any atom is 0.315 e. The van der Waals surface area contributed by atoms with Crippen molar-refractivity contribution in [2.45, 2.75) is 45.3 Å². The van der Waals surface area contributed by atoms with Crippen LogP contribution in [0.4, 0.5) is 11.8 Å². The summed E-state index contributed by atoms with van der Waals surface area (Å²) in [6.07, 6.45) is 2.70. The van der Waals surface area contributed by atoms with E-state index in [0.29, 0.717) is 18.5 Å². The van der Waals surface area contributed by atoms with Crippen LogP contribution in [0.3, 0.4) is 0 Å². The summed E-state index contributed by atoms with van der Waals surface area (Å²) in [5.41, 5.74) is 0.950. The fourth-order valence-electron chi connectivity index (χ4n) is 2.86. The summed E-state index contributed by atoms with van der Waals surface area (Å²) in [5.74, 6) is 1.78. The number of aromatic nitrogens is 4. The average Bonchev–Trinajstić information content (AvgIpc) is 3.19. The van der Waals surface area contributed by atoms with Crippen LogP contribution in [0.25, 0.3) is 0 Å². The fourth-order valence-corrected chi connectivity index (χ4v) is 2.86. The lowest BCUT2D eigenvalue weighted by molar-refractivity contribution is 0.118. The van der Waals surface area contributed by atoms with Crippen LogP contribution in [0.2, 0.25) is 0 Å². The Morgan fingerprint density at radius 3 is 2.88 bits per heavy atom. The van der Waals surface area contributed by atoms with Gasteiger partial charge in [0.1, 0.15) is 12.1 Å². The predicted molar refractivity (Wildman–Crippen MR) is 90.2 cm³/mol. The molecule has 0 saturated carbocycles. The van der Waals surface area contributed by atoms with Crippen molar-refractivity contribution in [2.75, 3.05) is 30.4 Å². The van der Waals surface area contributed by atoms with E-state index in [1.165, 1.54) is 0 Å². The molecule has 1 N–H and O–H groups in total. The first-order chi connectivity index (χ1) is 11.6. The van der Waals surface area contributed by atoms with E-state index in [1.807, 2.05) is 26.8 Å². The van der Waals surface area contributed by atoms with Gasteiger partial charge in [0, 0.05) is 37.9 Å². The molecule has 2 aromatic heterocycles. The van der Waals surface area contributed by atoms with Crippen molar-refractivity contribution in [2.24, 2.45) is 0 Å². The van der Waals surface area contributed by atoms with Crippen molar-refractivity contribution in [3.8, 4) is 0 Å². The normalized spacial score (nSPS) is 20.8. The van der Waals surface area contributed by atoms with Crippen molar-refractivity contribution in [1.82, 2.24) is 20.2 Å². The van der Waals surface area contributed by atoms with E-state index in [9.17, 15) is 0 Å². The monoisotopic (exact) mass is 332 g/mol. The molecule has 0 aromatic carbocycles. The maximum absolute atomic E-state index is 5.61. The number of rotatable bonds is 6. The van der Waals surface area contributed by atoms with Crippen molar-refractivity contribution in [1.29, 1.82) is 0 Å². The van der Waals surface area contributed by atoms with Gasteiger partial charge in [0.15, 0.2) is 0 Å². The summed E-state index contributed by atoms with van der Waals surface area (Å²) in [5, 5.41) is 11.3. The van der Waals surface area contributed by atoms with Crippen molar-refractivity contribution in [3.05, 3.63) is 24.0 Å². The molecule has 3 rings (SSSR count). The molecule has 1 saturated heterocycles. The van der Waals surface area contributed by atoms with Crippen LogP contribution in [-0.4, -0.2) is 52.5 Å². The highest BCUT2D eigenvalue weighted by atomic mass is 16.5. The Kier molecular flexibility index (Phi) is 4.94. The van der Waals surface area contributed by atoms with E-state index in [-0.39, 0.29) is 18.1 Å². The number of aryl methyl sites for hydroxylation is 1. The Morgan fingerprint density at radius 1 is 1.38 bits per heavy atom. The number of methoxy groups -OCH3 is 1. The largest absolute Gasteiger partial charge is 0.408 e. The highest BCUT2D eigenvalue weighted by Gasteiger charge is 2.33. The first kappa shape index (κ1) is 16.6. The van der Waals surface area contributed by atoms with Gasteiger partial charge in [-0.05, 0) is 13.3 Å². The van der Waals surface area contributed by atoms with Gasteiger partial charge in [-0.3, -0.25) is 0 Å². The van der Waals surface area contributed by atoms with Gasteiger partial charge >= 0.3 is 6.01 Å². The lowest BCUT2D eigenvalue weighted by Crippen LogP contribution is -2.35. The molecule has 24 heavy (non-hydrogen) atoms. The minimum Gasteiger partial charge on any atom is -0.408 e. The number of hydrogen-bond donors (Lipinski definition) is 1. The number of nitrogens with one attached hydrogen (secondary N) is 1. The zero-order valence-corrected chi connectivity index (χ0v) is 14.6. The summed E-state index contributed by atoms with van der Waals surface area (Å²) in [7, 11) is 1.75. The molecule has 130 valence electrons. The second-order valence-corrected chi connectivity index (χ2v) is 6.40. The molecule has 0 amide bonds. The summed E-state index contributed by atoms with van der Waals surface area (Å²) in [4.78, 5) is 10.8.